The van der Waals surface area contributed by atoms with E-state index in [-0.39, 0.29) is 12.1 Å². The van der Waals surface area contributed by atoms with Gasteiger partial charge in [0.25, 0.3) is 0 Å². The average molecular weight is 230 g/mol. The van der Waals surface area contributed by atoms with Gasteiger partial charge in [-0.2, -0.15) is 5.26 Å². The molecule has 2 rings (SSSR count). The molecule has 90 valence electrons. The lowest BCUT2D eigenvalue weighted by molar-refractivity contribution is -0.0907. The molecule has 3 nitrogen and oxygen atoms in total. The Balaban J connectivity index is 2.18. The minimum Gasteiger partial charge on any atom is -0.370 e. The molecule has 0 N–H and O–H groups in total. The molecule has 1 aromatic carbocycles. The van der Waals surface area contributed by atoms with Crippen molar-refractivity contribution in [1.29, 1.82) is 5.26 Å². The van der Waals surface area contributed by atoms with Gasteiger partial charge in [0.05, 0.1) is 25.3 Å². The SMILES string of the molecule is C[C@@H]1CO[C@H](c2ccccc2)[C@H](C)N1CC#N. The summed E-state index contributed by atoms with van der Waals surface area (Å²) in [5.74, 6) is 0. The first-order valence-electron chi connectivity index (χ1n) is 6.03. The van der Waals surface area contributed by atoms with E-state index >= 15 is 0 Å². The third kappa shape index (κ3) is 2.49. The fourth-order valence-corrected chi connectivity index (χ4v) is 2.45. The fourth-order valence-electron chi connectivity index (χ4n) is 2.45. The Bertz CT molecular complexity index is 398. The van der Waals surface area contributed by atoms with E-state index in [0.29, 0.717) is 19.2 Å². The zero-order valence-corrected chi connectivity index (χ0v) is 10.3. The number of morpholine rings is 1. The van der Waals surface area contributed by atoms with Crippen molar-refractivity contribution in [2.24, 2.45) is 0 Å². The highest BCUT2D eigenvalue weighted by atomic mass is 16.5. The van der Waals surface area contributed by atoms with Crippen LogP contribution in [0.3, 0.4) is 0 Å². The van der Waals surface area contributed by atoms with Gasteiger partial charge in [0, 0.05) is 12.1 Å². The van der Waals surface area contributed by atoms with E-state index in [1.165, 1.54) is 5.56 Å². The standard InChI is InChI=1S/C14H18N2O/c1-11-10-17-14(12(2)16(11)9-8-15)13-6-4-3-5-7-13/h3-7,11-12,14H,9-10H2,1-2H3/t11-,12+,14+/m1/s1. The van der Waals surface area contributed by atoms with E-state index in [2.05, 4.69) is 36.9 Å². The largest absolute Gasteiger partial charge is 0.370 e. The zero-order valence-electron chi connectivity index (χ0n) is 10.3. The van der Waals surface area contributed by atoms with Crippen LogP contribution >= 0.6 is 0 Å². The smallest absolute Gasteiger partial charge is 0.0978 e. The van der Waals surface area contributed by atoms with E-state index in [4.69, 9.17) is 10.00 Å². The quantitative estimate of drug-likeness (QED) is 0.732. The van der Waals surface area contributed by atoms with Gasteiger partial charge < -0.3 is 4.74 Å². The van der Waals surface area contributed by atoms with Crippen LogP contribution in [-0.4, -0.2) is 30.1 Å². The fraction of sp³-hybridized carbons (Fsp3) is 0.500. The maximum atomic E-state index is 8.88. The molecule has 1 heterocycles. The van der Waals surface area contributed by atoms with Crippen molar-refractivity contribution in [3.05, 3.63) is 35.9 Å². The Morgan fingerprint density at radius 1 is 1.35 bits per heavy atom. The number of rotatable bonds is 2. The first-order valence-corrected chi connectivity index (χ1v) is 6.03. The molecule has 0 unspecified atom stereocenters. The molecule has 1 saturated heterocycles. The van der Waals surface area contributed by atoms with Gasteiger partial charge >= 0.3 is 0 Å². The highest BCUT2D eigenvalue weighted by Crippen LogP contribution is 2.30. The maximum Gasteiger partial charge on any atom is 0.0978 e. The summed E-state index contributed by atoms with van der Waals surface area (Å²) >= 11 is 0. The molecule has 0 amide bonds. The summed E-state index contributed by atoms with van der Waals surface area (Å²) in [4.78, 5) is 2.21. The van der Waals surface area contributed by atoms with Crippen LogP contribution in [0.4, 0.5) is 0 Å². The molecule has 0 radical (unpaired) electrons. The third-order valence-electron chi connectivity index (χ3n) is 3.43. The zero-order chi connectivity index (χ0) is 12.3. The van der Waals surface area contributed by atoms with Gasteiger partial charge in [0.15, 0.2) is 0 Å². The highest BCUT2D eigenvalue weighted by molar-refractivity contribution is 5.20. The molecule has 3 heteroatoms. The summed E-state index contributed by atoms with van der Waals surface area (Å²) in [6, 6.07) is 13.0. The molecule has 3 atom stereocenters. The lowest BCUT2D eigenvalue weighted by atomic mass is 9.99. The summed E-state index contributed by atoms with van der Waals surface area (Å²) in [5, 5.41) is 8.88. The van der Waals surface area contributed by atoms with Crippen LogP contribution < -0.4 is 0 Å². The number of nitrogens with zero attached hydrogens (tertiary/aromatic N) is 2. The van der Waals surface area contributed by atoms with Gasteiger partial charge in [-0.3, -0.25) is 4.90 Å². The van der Waals surface area contributed by atoms with Crippen LogP contribution in [0.5, 0.6) is 0 Å². The summed E-state index contributed by atoms with van der Waals surface area (Å²) in [7, 11) is 0. The molecular weight excluding hydrogens is 212 g/mol. The Morgan fingerprint density at radius 2 is 2.06 bits per heavy atom. The van der Waals surface area contributed by atoms with Gasteiger partial charge in [0.1, 0.15) is 0 Å². The van der Waals surface area contributed by atoms with Gasteiger partial charge in [-0.1, -0.05) is 30.3 Å². The first kappa shape index (κ1) is 12.1. The number of hydrogen-bond donors (Lipinski definition) is 0. The van der Waals surface area contributed by atoms with Crippen molar-refractivity contribution >= 4 is 0 Å². The molecule has 0 bridgehead atoms. The van der Waals surface area contributed by atoms with Crippen LogP contribution in [0.2, 0.25) is 0 Å². The van der Waals surface area contributed by atoms with Crippen LogP contribution in [0.25, 0.3) is 0 Å². The Kier molecular flexibility index (Phi) is 3.78. The summed E-state index contributed by atoms with van der Waals surface area (Å²) < 4.78 is 5.91. The minimum absolute atomic E-state index is 0.0701. The van der Waals surface area contributed by atoms with E-state index in [9.17, 15) is 0 Å². The minimum atomic E-state index is 0.0701. The molecule has 1 aromatic rings. The Labute approximate surface area is 103 Å². The van der Waals surface area contributed by atoms with Crippen molar-refractivity contribution in [1.82, 2.24) is 4.90 Å². The Morgan fingerprint density at radius 3 is 2.71 bits per heavy atom. The summed E-state index contributed by atoms with van der Waals surface area (Å²) in [6.07, 6.45) is 0.0701. The van der Waals surface area contributed by atoms with Crippen molar-refractivity contribution in [3.63, 3.8) is 0 Å². The van der Waals surface area contributed by atoms with Gasteiger partial charge in [-0.05, 0) is 19.4 Å². The van der Waals surface area contributed by atoms with E-state index in [1.54, 1.807) is 0 Å². The first-order chi connectivity index (χ1) is 8.24. The van der Waals surface area contributed by atoms with Gasteiger partial charge in [-0.15, -0.1) is 0 Å². The topological polar surface area (TPSA) is 36.3 Å². The number of ether oxygens (including phenoxy) is 1. The van der Waals surface area contributed by atoms with E-state index < -0.39 is 0 Å². The predicted octanol–water partition coefficient (Wildman–Crippen LogP) is 2.36. The number of hydrogen-bond acceptors (Lipinski definition) is 3. The lowest BCUT2D eigenvalue weighted by Gasteiger charge is -2.42. The van der Waals surface area contributed by atoms with Crippen molar-refractivity contribution in [2.75, 3.05) is 13.2 Å². The molecule has 17 heavy (non-hydrogen) atoms. The second-order valence-electron chi connectivity index (χ2n) is 4.58. The number of benzene rings is 1. The Hall–Kier alpha value is -1.37. The summed E-state index contributed by atoms with van der Waals surface area (Å²) in [5.41, 5.74) is 1.19. The molecule has 1 fully saturated rings. The van der Waals surface area contributed by atoms with Crippen molar-refractivity contribution < 1.29 is 4.74 Å². The molecule has 1 aliphatic rings. The highest BCUT2D eigenvalue weighted by Gasteiger charge is 2.33. The van der Waals surface area contributed by atoms with E-state index in [1.807, 2.05) is 18.2 Å². The third-order valence-corrected chi connectivity index (χ3v) is 3.43. The predicted molar refractivity (Wildman–Crippen MR) is 66.4 cm³/mol. The second kappa shape index (κ2) is 5.31. The maximum absolute atomic E-state index is 8.88. The number of nitriles is 1. The second-order valence-corrected chi connectivity index (χ2v) is 4.58. The normalized spacial score (nSPS) is 29.8. The van der Waals surface area contributed by atoms with Gasteiger partial charge in [0.2, 0.25) is 0 Å². The average Bonchev–Trinajstić information content (AvgIpc) is 2.36. The van der Waals surface area contributed by atoms with Crippen LogP contribution in [0, 0.1) is 11.3 Å². The lowest BCUT2D eigenvalue weighted by Crippen LogP contribution is -2.50. The molecule has 0 aromatic heterocycles. The molecular formula is C14H18N2O. The monoisotopic (exact) mass is 230 g/mol. The summed E-state index contributed by atoms with van der Waals surface area (Å²) in [6.45, 7) is 5.39. The van der Waals surface area contributed by atoms with Crippen LogP contribution in [0.1, 0.15) is 25.5 Å². The van der Waals surface area contributed by atoms with Crippen molar-refractivity contribution in [3.8, 4) is 6.07 Å². The van der Waals surface area contributed by atoms with Gasteiger partial charge in [-0.25, -0.2) is 0 Å². The van der Waals surface area contributed by atoms with Crippen molar-refractivity contribution in [2.45, 2.75) is 32.0 Å². The molecule has 0 saturated carbocycles. The molecule has 0 spiro atoms. The molecule has 1 aliphatic heterocycles. The molecule has 0 aliphatic carbocycles. The van der Waals surface area contributed by atoms with E-state index in [0.717, 1.165) is 0 Å². The van der Waals surface area contributed by atoms with Crippen LogP contribution in [-0.2, 0) is 4.74 Å². The van der Waals surface area contributed by atoms with Crippen LogP contribution in [0.15, 0.2) is 30.3 Å².